The van der Waals surface area contributed by atoms with Crippen LogP contribution in [0.15, 0.2) is 30.3 Å². The molecule has 3 nitrogen and oxygen atoms in total. The molecule has 0 saturated heterocycles. The van der Waals surface area contributed by atoms with Crippen LogP contribution < -0.4 is 10.6 Å². The summed E-state index contributed by atoms with van der Waals surface area (Å²) in [4.78, 5) is 11.7. The zero-order valence-corrected chi connectivity index (χ0v) is 11.6. The molecule has 1 aromatic rings. The molecule has 1 amide bonds. The molecule has 0 bridgehead atoms. The zero-order valence-electron chi connectivity index (χ0n) is 11.6. The Morgan fingerprint density at radius 3 is 2.44 bits per heavy atom. The molecule has 0 aromatic heterocycles. The molecule has 0 aliphatic rings. The summed E-state index contributed by atoms with van der Waals surface area (Å²) in [5.74, 6) is 0.117. The summed E-state index contributed by atoms with van der Waals surface area (Å²) in [7, 11) is 0. The Labute approximate surface area is 110 Å². The van der Waals surface area contributed by atoms with Crippen molar-refractivity contribution in [3.63, 3.8) is 0 Å². The van der Waals surface area contributed by atoms with Crippen LogP contribution in [0.2, 0.25) is 0 Å². The van der Waals surface area contributed by atoms with E-state index in [0.29, 0.717) is 12.5 Å². The van der Waals surface area contributed by atoms with E-state index in [1.807, 2.05) is 25.1 Å². The number of carbonyl (C=O) groups is 1. The third-order valence-electron chi connectivity index (χ3n) is 2.70. The van der Waals surface area contributed by atoms with Crippen molar-refractivity contribution in [3.05, 3.63) is 35.9 Å². The molecule has 0 radical (unpaired) electrons. The van der Waals surface area contributed by atoms with Gasteiger partial charge in [0.2, 0.25) is 5.91 Å². The zero-order chi connectivity index (χ0) is 13.4. The van der Waals surface area contributed by atoms with Gasteiger partial charge in [0.05, 0.1) is 0 Å². The molecule has 2 N–H and O–H groups in total. The summed E-state index contributed by atoms with van der Waals surface area (Å²) in [6.45, 7) is 6.94. The van der Waals surface area contributed by atoms with E-state index in [2.05, 4.69) is 36.6 Å². The third kappa shape index (κ3) is 6.40. The first-order chi connectivity index (χ1) is 8.58. The maximum Gasteiger partial charge on any atom is 0.221 e. The lowest BCUT2D eigenvalue weighted by Crippen LogP contribution is -2.36. The highest BCUT2D eigenvalue weighted by atomic mass is 16.1. The number of hydrogen-bond donors (Lipinski definition) is 2. The minimum Gasteiger partial charge on any atom is -0.353 e. The maximum absolute atomic E-state index is 11.7. The summed E-state index contributed by atoms with van der Waals surface area (Å²) in [5, 5.41) is 6.26. The largest absolute Gasteiger partial charge is 0.353 e. The second kappa shape index (κ2) is 7.88. The van der Waals surface area contributed by atoms with Crippen LogP contribution in [-0.4, -0.2) is 24.5 Å². The molecule has 3 heteroatoms. The molecule has 0 aliphatic heterocycles. The molecule has 100 valence electrons. The van der Waals surface area contributed by atoms with E-state index >= 15 is 0 Å². The highest BCUT2D eigenvalue weighted by molar-refractivity contribution is 5.76. The first-order valence-corrected chi connectivity index (χ1v) is 6.64. The van der Waals surface area contributed by atoms with Crippen LogP contribution in [-0.2, 0) is 11.2 Å². The number of hydrogen-bond acceptors (Lipinski definition) is 2. The Kier molecular flexibility index (Phi) is 6.44. The van der Waals surface area contributed by atoms with Gasteiger partial charge in [-0.3, -0.25) is 4.79 Å². The van der Waals surface area contributed by atoms with E-state index in [1.54, 1.807) is 0 Å². The average molecular weight is 248 g/mol. The van der Waals surface area contributed by atoms with Crippen LogP contribution in [0.4, 0.5) is 0 Å². The van der Waals surface area contributed by atoms with E-state index in [4.69, 9.17) is 0 Å². The van der Waals surface area contributed by atoms with Crippen molar-refractivity contribution in [1.82, 2.24) is 10.6 Å². The van der Waals surface area contributed by atoms with Crippen LogP contribution >= 0.6 is 0 Å². The van der Waals surface area contributed by atoms with Gasteiger partial charge in [-0.15, -0.1) is 0 Å². The molecule has 0 spiro atoms. The number of amides is 1. The van der Waals surface area contributed by atoms with E-state index in [0.717, 1.165) is 13.0 Å². The summed E-state index contributed by atoms with van der Waals surface area (Å²) in [6, 6.07) is 10.8. The van der Waals surface area contributed by atoms with Crippen molar-refractivity contribution in [2.75, 3.05) is 6.54 Å². The van der Waals surface area contributed by atoms with Gasteiger partial charge in [0.25, 0.3) is 0 Å². The van der Waals surface area contributed by atoms with Gasteiger partial charge in [-0.05, 0) is 18.9 Å². The number of benzene rings is 1. The third-order valence-corrected chi connectivity index (χ3v) is 2.70. The van der Waals surface area contributed by atoms with Crippen molar-refractivity contribution in [2.45, 2.75) is 45.7 Å². The van der Waals surface area contributed by atoms with Gasteiger partial charge in [-0.2, -0.15) is 0 Å². The molecule has 1 unspecified atom stereocenters. The Morgan fingerprint density at radius 1 is 1.17 bits per heavy atom. The predicted molar refractivity (Wildman–Crippen MR) is 75.5 cm³/mol. The predicted octanol–water partition coefficient (Wildman–Crippen LogP) is 2.12. The quantitative estimate of drug-likeness (QED) is 0.776. The summed E-state index contributed by atoms with van der Waals surface area (Å²) in [6.07, 6.45) is 1.42. The van der Waals surface area contributed by atoms with Crippen LogP contribution in [0.1, 0.15) is 32.8 Å². The molecule has 0 aliphatic carbocycles. The van der Waals surface area contributed by atoms with Gasteiger partial charge in [0, 0.05) is 25.0 Å². The number of nitrogens with one attached hydrogen (secondary N) is 2. The second-order valence-electron chi connectivity index (χ2n) is 5.02. The van der Waals surface area contributed by atoms with Crippen LogP contribution in [0.5, 0.6) is 0 Å². The lowest BCUT2D eigenvalue weighted by atomic mass is 10.1. The van der Waals surface area contributed by atoms with Gasteiger partial charge in [-0.1, -0.05) is 44.2 Å². The lowest BCUT2D eigenvalue weighted by molar-refractivity contribution is -0.121. The SMILES string of the molecule is CC(C)NCCC(=O)NC(C)Cc1ccccc1. The standard InChI is InChI=1S/C15H24N2O/c1-12(2)16-10-9-15(18)17-13(3)11-14-7-5-4-6-8-14/h4-8,12-13,16H,9-11H2,1-3H3,(H,17,18). The molecule has 0 saturated carbocycles. The van der Waals surface area contributed by atoms with Gasteiger partial charge < -0.3 is 10.6 Å². The van der Waals surface area contributed by atoms with Crippen molar-refractivity contribution < 1.29 is 4.79 Å². The van der Waals surface area contributed by atoms with Gasteiger partial charge in [0.15, 0.2) is 0 Å². The minimum atomic E-state index is 0.117. The van der Waals surface area contributed by atoms with E-state index in [1.165, 1.54) is 5.56 Å². The van der Waals surface area contributed by atoms with Crippen molar-refractivity contribution in [3.8, 4) is 0 Å². The van der Waals surface area contributed by atoms with Crippen molar-refractivity contribution >= 4 is 5.91 Å². The first-order valence-electron chi connectivity index (χ1n) is 6.64. The summed E-state index contributed by atoms with van der Waals surface area (Å²) in [5.41, 5.74) is 1.26. The van der Waals surface area contributed by atoms with E-state index < -0.39 is 0 Å². The van der Waals surface area contributed by atoms with Gasteiger partial charge >= 0.3 is 0 Å². The Morgan fingerprint density at radius 2 is 1.83 bits per heavy atom. The highest BCUT2D eigenvalue weighted by Crippen LogP contribution is 2.02. The fourth-order valence-corrected chi connectivity index (χ4v) is 1.84. The Hall–Kier alpha value is -1.35. The molecule has 0 heterocycles. The number of rotatable bonds is 7. The fourth-order valence-electron chi connectivity index (χ4n) is 1.84. The molecule has 0 fully saturated rings. The first kappa shape index (κ1) is 14.7. The fraction of sp³-hybridized carbons (Fsp3) is 0.533. The molecule has 1 aromatic carbocycles. The van der Waals surface area contributed by atoms with Crippen LogP contribution in [0.3, 0.4) is 0 Å². The average Bonchev–Trinajstić information content (AvgIpc) is 2.29. The Bertz CT molecular complexity index is 349. The van der Waals surface area contributed by atoms with Crippen molar-refractivity contribution in [1.29, 1.82) is 0 Å². The Balaban J connectivity index is 2.23. The van der Waals surface area contributed by atoms with Crippen molar-refractivity contribution in [2.24, 2.45) is 0 Å². The molecular weight excluding hydrogens is 224 g/mol. The highest BCUT2D eigenvalue weighted by Gasteiger charge is 2.07. The second-order valence-corrected chi connectivity index (χ2v) is 5.02. The topological polar surface area (TPSA) is 41.1 Å². The summed E-state index contributed by atoms with van der Waals surface area (Å²) < 4.78 is 0. The summed E-state index contributed by atoms with van der Waals surface area (Å²) >= 11 is 0. The minimum absolute atomic E-state index is 0.117. The number of carbonyl (C=O) groups excluding carboxylic acids is 1. The lowest BCUT2D eigenvalue weighted by Gasteiger charge is -2.14. The molecular formula is C15H24N2O. The van der Waals surface area contributed by atoms with Crippen LogP contribution in [0.25, 0.3) is 0 Å². The normalized spacial score (nSPS) is 12.4. The smallest absolute Gasteiger partial charge is 0.221 e. The van der Waals surface area contributed by atoms with E-state index in [9.17, 15) is 4.79 Å². The maximum atomic E-state index is 11.7. The monoisotopic (exact) mass is 248 g/mol. The van der Waals surface area contributed by atoms with Gasteiger partial charge in [-0.25, -0.2) is 0 Å². The molecule has 1 rings (SSSR count). The molecule has 1 atom stereocenters. The van der Waals surface area contributed by atoms with Crippen LogP contribution in [0, 0.1) is 0 Å². The molecule has 18 heavy (non-hydrogen) atoms. The van der Waals surface area contributed by atoms with E-state index in [-0.39, 0.29) is 11.9 Å². The van der Waals surface area contributed by atoms with Gasteiger partial charge in [0.1, 0.15) is 0 Å².